The molecule has 3 atom stereocenters. The summed E-state index contributed by atoms with van der Waals surface area (Å²) in [5.41, 5.74) is 0.869. The first-order valence-electron chi connectivity index (χ1n) is 9.12. The third-order valence-corrected chi connectivity index (χ3v) is 5.81. The molecule has 8 heteroatoms. The van der Waals surface area contributed by atoms with Crippen LogP contribution in [0.25, 0.3) is 0 Å². The summed E-state index contributed by atoms with van der Waals surface area (Å²) < 4.78 is 12.5. The Labute approximate surface area is 170 Å². The van der Waals surface area contributed by atoms with E-state index in [9.17, 15) is 14.9 Å². The molecule has 0 N–H and O–H groups in total. The maximum absolute atomic E-state index is 12.9. The molecule has 0 aliphatic carbocycles. The topological polar surface area (TPSA) is 81.9 Å². The lowest BCUT2D eigenvalue weighted by Crippen LogP contribution is -2.62. The first kappa shape index (κ1) is 18.9. The second-order valence-corrected chi connectivity index (χ2v) is 7.74. The first-order chi connectivity index (χ1) is 13.5. The third kappa shape index (κ3) is 3.62. The number of nitrogens with zero attached hydrogens (tertiary/aromatic N) is 2. The van der Waals surface area contributed by atoms with E-state index in [2.05, 4.69) is 15.9 Å². The van der Waals surface area contributed by atoms with Gasteiger partial charge in [-0.1, -0.05) is 40.2 Å². The molecule has 2 aromatic rings. The molecule has 0 radical (unpaired) electrons. The minimum Gasteiger partial charge on any atom is -0.478 e. The van der Waals surface area contributed by atoms with Gasteiger partial charge in [-0.05, 0) is 30.5 Å². The van der Waals surface area contributed by atoms with Gasteiger partial charge in [0, 0.05) is 23.7 Å². The Hall–Kier alpha value is -2.45. The van der Waals surface area contributed by atoms with Gasteiger partial charge in [0.1, 0.15) is 11.8 Å². The summed E-state index contributed by atoms with van der Waals surface area (Å²) in [6, 6.07) is 13.3. The summed E-state index contributed by atoms with van der Waals surface area (Å²) in [5, 5.41) is 11.0. The number of nitro groups is 1. The molecule has 2 fully saturated rings. The molecule has 2 aliphatic heterocycles. The van der Waals surface area contributed by atoms with Crippen molar-refractivity contribution < 1.29 is 19.2 Å². The van der Waals surface area contributed by atoms with Gasteiger partial charge in [0.2, 0.25) is 6.10 Å². The van der Waals surface area contributed by atoms with E-state index < -0.39 is 11.0 Å². The highest BCUT2D eigenvalue weighted by atomic mass is 79.9. The number of rotatable bonds is 6. The fourth-order valence-electron chi connectivity index (χ4n) is 3.71. The highest BCUT2D eigenvalue weighted by Gasteiger charge is 2.51. The normalized spacial score (nSPS) is 24.1. The largest absolute Gasteiger partial charge is 0.478 e. The molecular formula is C20H19BrN2O5. The van der Waals surface area contributed by atoms with Crippen LogP contribution in [0.5, 0.6) is 5.75 Å². The van der Waals surface area contributed by atoms with E-state index in [-0.39, 0.29) is 23.7 Å². The Kier molecular flexibility index (Phi) is 5.32. The monoisotopic (exact) mass is 446 g/mol. The molecule has 2 heterocycles. The Morgan fingerprint density at radius 2 is 2.07 bits per heavy atom. The van der Waals surface area contributed by atoms with Crippen molar-refractivity contribution in [1.82, 2.24) is 4.90 Å². The molecule has 1 amide bonds. The zero-order chi connectivity index (χ0) is 19.7. The van der Waals surface area contributed by atoms with Gasteiger partial charge in [0.15, 0.2) is 0 Å². The summed E-state index contributed by atoms with van der Waals surface area (Å²) in [7, 11) is 0. The summed E-state index contributed by atoms with van der Waals surface area (Å²) in [5.74, 6) is 0.170. The van der Waals surface area contributed by atoms with Gasteiger partial charge in [0.05, 0.1) is 17.1 Å². The summed E-state index contributed by atoms with van der Waals surface area (Å²) in [6.45, 7) is 1.24. The highest BCUT2D eigenvalue weighted by molar-refractivity contribution is 9.10. The molecule has 0 saturated carbocycles. The van der Waals surface area contributed by atoms with Crippen molar-refractivity contribution in [2.75, 3.05) is 13.2 Å². The average Bonchev–Trinajstić information content (AvgIpc) is 3.21. The molecule has 0 spiro atoms. The Morgan fingerprint density at radius 1 is 1.25 bits per heavy atom. The van der Waals surface area contributed by atoms with Crippen LogP contribution in [0.4, 0.5) is 5.69 Å². The molecule has 146 valence electrons. The number of amides is 1. The lowest BCUT2D eigenvalue weighted by Gasteiger charge is -2.47. The van der Waals surface area contributed by atoms with Gasteiger partial charge in [-0.2, -0.15) is 0 Å². The number of likely N-dealkylation sites (tertiary alicyclic amines) is 1. The maximum Gasteiger partial charge on any atom is 0.273 e. The van der Waals surface area contributed by atoms with Gasteiger partial charge < -0.3 is 14.4 Å². The number of carbonyl (C=O) groups excluding carboxylic acids is 1. The molecule has 28 heavy (non-hydrogen) atoms. The van der Waals surface area contributed by atoms with Crippen molar-refractivity contribution in [3.63, 3.8) is 0 Å². The van der Waals surface area contributed by atoms with Gasteiger partial charge in [-0.15, -0.1) is 0 Å². The number of hydrogen-bond donors (Lipinski definition) is 0. The molecule has 7 nitrogen and oxygen atoms in total. The number of β-lactam (4-membered cyclic amide) rings is 1. The van der Waals surface area contributed by atoms with Gasteiger partial charge in [-0.25, -0.2) is 0 Å². The smallest absolute Gasteiger partial charge is 0.273 e. The molecule has 0 bridgehead atoms. The van der Waals surface area contributed by atoms with Crippen LogP contribution in [0, 0.1) is 10.1 Å². The highest BCUT2D eigenvalue weighted by Crippen LogP contribution is 2.41. The van der Waals surface area contributed by atoms with E-state index >= 15 is 0 Å². The SMILES string of the molecule is O=C1C(Oc2cccc([N+](=O)[O-])c2)C(c2ccccc2Br)N1CC1CCCO1. The van der Waals surface area contributed by atoms with Gasteiger partial charge in [0.25, 0.3) is 11.6 Å². The van der Waals surface area contributed by atoms with Crippen LogP contribution >= 0.6 is 15.9 Å². The van der Waals surface area contributed by atoms with E-state index in [1.165, 1.54) is 12.1 Å². The van der Waals surface area contributed by atoms with Crippen molar-refractivity contribution in [2.45, 2.75) is 31.1 Å². The molecule has 2 saturated heterocycles. The number of ether oxygens (including phenoxy) is 2. The number of carbonyl (C=O) groups is 1. The van der Waals surface area contributed by atoms with E-state index in [4.69, 9.17) is 9.47 Å². The minimum absolute atomic E-state index is 0.0349. The summed E-state index contributed by atoms with van der Waals surface area (Å²) >= 11 is 3.56. The van der Waals surface area contributed by atoms with Crippen molar-refractivity contribution in [2.24, 2.45) is 0 Å². The molecule has 2 aromatic carbocycles. The van der Waals surface area contributed by atoms with Crippen molar-refractivity contribution >= 4 is 27.5 Å². The van der Waals surface area contributed by atoms with Crippen molar-refractivity contribution in [3.05, 3.63) is 68.7 Å². The number of non-ortho nitro benzene ring substituents is 1. The zero-order valence-electron chi connectivity index (χ0n) is 15.0. The number of benzene rings is 2. The minimum atomic E-state index is -0.734. The quantitative estimate of drug-likeness (QED) is 0.382. The van der Waals surface area contributed by atoms with Crippen molar-refractivity contribution in [1.29, 1.82) is 0 Å². The standard InChI is InChI=1S/C20H19BrN2O5/c21-17-9-2-1-8-16(17)18-19(20(24)22(18)12-15-7-4-10-27-15)28-14-6-3-5-13(11-14)23(25)26/h1-3,5-6,8-9,11,15,18-19H,4,7,10,12H2. The maximum atomic E-state index is 12.9. The average molecular weight is 447 g/mol. The van der Waals surface area contributed by atoms with Crippen LogP contribution in [-0.2, 0) is 9.53 Å². The van der Waals surface area contributed by atoms with E-state index in [0.717, 1.165) is 29.5 Å². The van der Waals surface area contributed by atoms with Crippen LogP contribution in [0.3, 0.4) is 0 Å². The lowest BCUT2D eigenvalue weighted by molar-refractivity contribution is -0.385. The number of hydrogen-bond acceptors (Lipinski definition) is 5. The molecule has 4 rings (SSSR count). The summed E-state index contributed by atoms with van der Waals surface area (Å²) in [6.07, 6.45) is 1.23. The first-order valence-corrected chi connectivity index (χ1v) is 9.91. The fraction of sp³-hybridized carbons (Fsp3) is 0.350. The van der Waals surface area contributed by atoms with Crippen LogP contribution in [0.2, 0.25) is 0 Å². The zero-order valence-corrected chi connectivity index (χ0v) is 16.6. The number of nitro benzene ring substituents is 1. The van der Waals surface area contributed by atoms with E-state index in [1.807, 2.05) is 24.3 Å². The second-order valence-electron chi connectivity index (χ2n) is 6.88. The van der Waals surface area contributed by atoms with Gasteiger partial charge in [-0.3, -0.25) is 14.9 Å². The van der Waals surface area contributed by atoms with E-state index in [1.54, 1.807) is 17.0 Å². The third-order valence-electron chi connectivity index (χ3n) is 5.09. The predicted octanol–water partition coefficient (Wildman–Crippen LogP) is 3.87. The Morgan fingerprint density at radius 3 is 2.79 bits per heavy atom. The fourth-order valence-corrected chi connectivity index (χ4v) is 4.23. The molecular weight excluding hydrogens is 428 g/mol. The van der Waals surface area contributed by atoms with Crippen LogP contribution in [0.1, 0.15) is 24.4 Å². The van der Waals surface area contributed by atoms with Gasteiger partial charge >= 0.3 is 0 Å². The Balaban J connectivity index is 1.60. The van der Waals surface area contributed by atoms with Crippen molar-refractivity contribution in [3.8, 4) is 5.75 Å². The van der Waals surface area contributed by atoms with Crippen LogP contribution in [0.15, 0.2) is 53.0 Å². The van der Waals surface area contributed by atoms with Crippen LogP contribution < -0.4 is 4.74 Å². The molecule has 0 aromatic heterocycles. The summed E-state index contributed by atoms with van der Waals surface area (Å²) in [4.78, 5) is 25.2. The molecule has 2 aliphatic rings. The lowest BCUT2D eigenvalue weighted by atomic mass is 9.90. The van der Waals surface area contributed by atoms with E-state index in [0.29, 0.717) is 12.3 Å². The number of halogens is 1. The predicted molar refractivity (Wildman–Crippen MR) is 105 cm³/mol. The second kappa shape index (κ2) is 7.89. The van der Waals surface area contributed by atoms with Crippen LogP contribution in [-0.4, -0.2) is 41.1 Å². The molecule has 3 unspecified atom stereocenters. The Bertz CT molecular complexity index is 900.